The number of piperazine rings is 1. The first-order valence-corrected chi connectivity index (χ1v) is 10.3. The van der Waals surface area contributed by atoms with Crippen molar-refractivity contribution in [1.29, 1.82) is 0 Å². The summed E-state index contributed by atoms with van der Waals surface area (Å²) in [6, 6.07) is 21.3. The maximum Gasteiger partial charge on any atom is 0.293 e. The Balaban J connectivity index is 1.28. The Morgan fingerprint density at radius 2 is 1.65 bits per heavy atom. The van der Waals surface area contributed by atoms with Gasteiger partial charge >= 0.3 is 0 Å². The molecule has 5 rings (SSSR count). The van der Waals surface area contributed by atoms with Gasteiger partial charge in [-0.3, -0.25) is 19.8 Å². The molecule has 2 heterocycles. The number of amides is 1. The van der Waals surface area contributed by atoms with Crippen molar-refractivity contribution in [3.8, 4) is 0 Å². The predicted octanol–water partition coefficient (Wildman–Crippen LogP) is 4.19. The standard InChI is InChI=1S/C24H22N4O3/c29-24(21-15-18-7-4-10-22(28(30)31)23(18)25-21)27-13-11-26(12-14-27)16-19-8-3-6-17-5-1-2-9-20(17)19/h1-10,15,25H,11-14,16H2. The molecule has 3 aromatic carbocycles. The fourth-order valence-electron chi connectivity index (χ4n) is 4.36. The van der Waals surface area contributed by atoms with Gasteiger partial charge in [-0.25, -0.2) is 0 Å². The molecule has 31 heavy (non-hydrogen) atoms. The number of rotatable bonds is 4. The number of fused-ring (bicyclic) bond motifs is 2. The van der Waals surface area contributed by atoms with Crippen LogP contribution >= 0.6 is 0 Å². The Hall–Kier alpha value is -3.71. The van der Waals surface area contributed by atoms with Crippen molar-refractivity contribution in [2.24, 2.45) is 0 Å². The van der Waals surface area contributed by atoms with Crippen molar-refractivity contribution in [2.75, 3.05) is 26.2 Å². The Labute approximate surface area is 179 Å². The van der Waals surface area contributed by atoms with Gasteiger partial charge in [0.15, 0.2) is 0 Å². The molecule has 1 saturated heterocycles. The van der Waals surface area contributed by atoms with Gasteiger partial charge in [-0.1, -0.05) is 54.6 Å². The Morgan fingerprint density at radius 3 is 2.45 bits per heavy atom. The van der Waals surface area contributed by atoms with Crippen molar-refractivity contribution in [3.63, 3.8) is 0 Å². The lowest BCUT2D eigenvalue weighted by Crippen LogP contribution is -2.48. The molecule has 7 heteroatoms. The van der Waals surface area contributed by atoms with E-state index in [1.807, 2.05) is 4.90 Å². The van der Waals surface area contributed by atoms with E-state index < -0.39 is 4.92 Å². The molecule has 0 bridgehead atoms. The average Bonchev–Trinajstić information content (AvgIpc) is 3.24. The molecule has 1 aliphatic rings. The first-order chi connectivity index (χ1) is 15.1. The van der Waals surface area contributed by atoms with E-state index in [2.05, 4.69) is 52.3 Å². The summed E-state index contributed by atoms with van der Waals surface area (Å²) in [6.45, 7) is 3.68. The highest BCUT2D eigenvalue weighted by atomic mass is 16.6. The normalized spacial score (nSPS) is 14.9. The molecule has 1 aromatic heterocycles. The highest BCUT2D eigenvalue weighted by Gasteiger charge is 2.25. The molecule has 1 N–H and O–H groups in total. The third kappa shape index (κ3) is 3.64. The number of benzene rings is 3. The number of nitro groups is 1. The third-order valence-corrected chi connectivity index (χ3v) is 5.99. The van der Waals surface area contributed by atoms with Gasteiger partial charge < -0.3 is 9.88 Å². The van der Waals surface area contributed by atoms with Crippen LogP contribution in [0.1, 0.15) is 16.1 Å². The first kappa shape index (κ1) is 19.3. The van der Waals surface area contributed by atoms with Gasteiger partial charge in [0, 0.05) is 44.2 Å². The van der Waals surface area contributed by atoms with Crippen LogP contribution in [0.3, 0.4) is 0 Å². The fourth-order valence-corrected chi connectivity index (χ4v) is 4.36. The maximum atomic E-state index is 13.0. The molecular weight excluding hydrogens is 392 g/mol. The average molecular weight is 414 g/mol. The van der Waals surface area contributed by atoms with E-state index in [1.165, 1.54) is 22.4 Å². The van der Waals surface area contributed by atoms with Crippen LogP contribution in [-0.4, -0.2) is 51.8 Å². The van der Waals surface area contributed by atoms with E-state index >= 15 is 0 Å². The molecule has 1 amide bonds. The molecule has 0 spiro atoms. The molecular formula is C24H22N4O3. The summed E-state index contributed by atoms with van der Waals surface area (Å²) in [4.78, 5) is 31.0. The second-order valence-corrected chi connectivity index (χ2v) is 7.89. The molecule has 0 atom stereocenters. The Bertz CT molecular complexity index is 1280. The summed E-state index contributed by atoms with van der Waals surface area (Å²) in [5.74, 6) is -0.115. The number of nitrogens with one attached hydrogen (secondary N) is 1. The van der Waals surface area contributed by atoms with Gasteiger partial charge in [0.25, 0.3) is 11.6 Å². The van der Waals surface area contributed by atoms with Crippen molar-refractivity contribution in [3.05, 3.63) is 88.1 Å². The second kappa shape index (κ2) is 7.85. The van der Waals surface area contributed by atoms with Crippen LogP contribution in [0, 0.1) is 10.1 Å². The van der Waals surface area contributed by atoms with Crippen LogP contribution < -0.4 is 0 Å². The maximum absolute atomic E-state index is 13.0. The van der Waals surface area contributed by atoms with Gasteiger partial charge in [0.1, 0.15) is 11.2 Å². The molecule has 0 unspecified atom stereocenters. The predicted molar refractivity (Wildman–Crippen MR) is 120 cm³/mol. The highest BCUT2D eigenvalue weighted by Crippen LogP contribution is 2.26. The monoisotopic (exact) mass is 414 g/mol. The van der Waals surface area contributed by atoms with Gasteiger partial charge in [-0.05, 0) is 22.4 Å². The number of nitro benzene ring substituents is 1. The molecule has 4 aromatic rings. The second-order valence-electron chi connectivity index (χ2n) is 7.89. The number of para-hydroxylation sites is 1. The van der Waals surface area contributed by atoms with Crippen LogP contribution in [-0.2, 0) is 6.54 Å². The van der Waals surface area contributed by atoms with Gasteiger partial charge in [-0.15, -0.1) is 0 Å². The van der Waals surface area contributed by atoms with E-state index in [4.69, 9.17) is 0 Å². The summed E-state index contributed by atoms with van der Waals surface area (Å²) in [6.07, 6.45) is 0. The molecule has 7 nitrogen and oxygen atoms in total. The van der Waals surface area contributed by atoms with Crippen molar-refractivity contribution >= 4 is 33.3 Å². The van der Waals surface area contributed by atoms with Gasteiger partial charge in [0.2, 0.25) is 0 Å². The zero-order chi connectivity index (χ0) is 21.4. The number of carbonyl (C=O) groups is 1. The molecule has 0 radical (unpaired) electrons. The number of H-pyrrole nitrogens is 1. The van der Waals surface area contributed by atoms with Crippen molar-refractivity contribution < 1.29 is 9.72 Å². The van der Waals surface area contributed by atoms with Crippen LogP contribution in [0.15, 0.2) is 66.7 Å². The van der Waals surface area contributed by atoms with Crippen LogP contribution in [0.25, 0.3) is 21.7 Å². The highest BCUT2D eigenvalue weighted by molar-refractivity contribution is 6.00. The summed E-state index contributed by atoms with van der Waals surface area (Å²) < 4.78 is 0. The van der Waals surface area contributed by atoms with E-state index in [0.717, 1.165) is 19.6 Å². The lowest BCUT2D eigenvalue weighted by atomic mass is 10.0. The fraction of sp³-hybridized carbons (Fsp3) is 0.208. The van der Waals surface area contributed by atoms with Gasteiger partial charge in [0.05, 0.1) is 4.92 Å². The largest absolute Gasteiger partial charge is 0.345 e. The Morgan fingerprint density at radius 1 is 0.935 bits per heavy atom. The number of hydrogen-bond donors (Lipinski definition) is 1. The smallest absolute Gasteiger partial charge is 0.293 e. The minimum atomic E-state index is -0.431. The van der Waals surface area contributed by atoms with Gasteiger partial charge in [-0.2, -0.15) is 0 Å². The van der Waals surface area contributed by atoms with E-state index in [-0.39, 0.29) is 11.6 Å². The number of nitrogens with zero attached hydrogens (tertiary/aromatic N) is 3. The third-order valence-electron chi connectivity index (χ3n) is 5.99. The molecule has 1 fully saturated rings. The zero-order valence-corrected chi connectivity index (χ0v) is 17.0. The van der Waals surface area contributed by atoms with E-state index in [1.54, 1.807) is 18.2 Å². The lowest BCUT2D eigenvalue weighted by Gasteiger charge is -2.34. The van der Waals surface area contributed by atoms with E-state index in [0.29, 0.717) is 29.7 Å². The number of non-ortho nitro benzene ring substituents is 1. The minimum Gasteiger partial charge on any atom is -0.345 e. The summed E-state index contributed by atoms with van der Waals surface area (Å²) >= 11 is 0. The van der Waals surface area contributed by atoms with Crippen LogP contribution in [0.5, 0.6) is 0 Å². The zero-order valence-electron chi connectivity index (χ0n) is 17.0. The quantitative estimate of drug-likeness (QED) is 0.401. The molecule has 156 valence electrons. The topological polar surface area (TPSA) is 82.5 Å². The number of aromatic nitrogens is 1. The minimum absolute atomic E-state index is 0.0172. The summed E-state index contributed by atoms with van der Waals surface area (Å²) in [5.41, 5.74) is 2.06. The Kier molecular flexibility index (Phi) is 4.88. The number of carbonyl (C=O) groups excluding carboxylic acids is 1. The molecule has 1 aliphatic heterocycles. The number of aromatic amines is 1. The first-order valence-electron chi connectivity index (χ1n) is 10.3. The summed E-state index contributed by atoms with van der Waals surface area (Å²) in [7, 11) is 0. The number of hydrogen-bond acceptors (Lipinski definition) is 4. The SMILES string of the molecule is O=C(c1cc2cccc([N+](=O)[O-])c2[nH]1)N1CCN(Cc2cccc3ccccc23)CC1. The van der Waals surface area contributed by atoms with Crippen molar-refractivity contribution in [2.45, 2.75) is 6.54 Å². The lowest BCUT2D eigenvalue weighted by molar-refractivity contribution is -0.383. The van der Waals surface area contributed by atoms with E-state index in [9.17, 15) is 14.9 Å². The van der Waals surface area contributed by atoms with Crippen LogP contribution in [0.4, 0.5) is 5.69 Å². The van der Waals surface area contributed by atoms with Crippen molar-refractivity contribution in [1.82, 2.24) is 14.8 Å². The molecule has 0 aliphatic carbocycles. The molecule has 0 saturated carbocycles. The van der Waals surface area contributed by atoms with Crippen LogP contribution in [0.2, 0.25) is 0 Å². The summed E-state index contributed by atoms with van der Waals surface area (Å²) in [5, 5.41) is 14.4.